The Bertz CT molecular complexity index is 1140. The van der Waals surface area contributed by atoms with Gasteiger partial charge in [0.2, 0.25) is 5.91 Å². The van der Waals surface area contributed by atoms with Crippen molar-refractivity contribution in [2.24, 2.45) is 0 Å². The van der Waals surface area contributed by atoms with Gasteiger partial charge in [-0.1, -0.05) is 53.4 Å². The number of thiazole rings is 1. The molecule has 0 saturated heterocycles. The van der Waals surface area contributed by atoms with Crippen molar-refractivity contribution in [2.75, 3.05) is 18.2 Å². The van der Waals surface area contributed by atoms with Gasteiger partial charge >= 0.3 is 5.97 Å². The summed E-state index contributed by atoms with van der Waals surface area (Å²) >= 11 is 2.41. The Hall–Kier alpha value is -2.98. The summed E-state index contributed by atoms with van der Waals surface area (Å²) in [5.74, 6) is -0.794. The number of anilines is 1. The van der Waals surface area contributed by atoms with E-state index in [1.54, 1.807) is 13.8 Å². The number of nitrogens with zero attached hydrogens (tertiary/aromatic N) is 2. The molecule has 2 N–H and O–H groups in total. The fraction of sp³-hybridized carbons (Fsp3) is 0.286. The Labute approximate surface area is 187 Å². The minimum Gasteiger partial charge on any atom is -0.462 e. The molecule has 10 heteroatoms. The number of esters is 1. The maximum absolute atomic E-state index is 12.5. The average Bonchev–Trinajstić information content (AvgIpc) is 3.17. The van der Waals surface area contributed by atoms with Gasteiger partial charge in [-0.2, -0.15) is 0 Å². The van der Waals surface area contributed by atoms with E-state index in [0.29, 0.717) is 32.1 Å². The molecule has 162 valence electrons. The maximum atomic E-state index is 12.5. The Kier molecular flexibility index (Phi) is 7.59. The number of aromatic nitrogens is 3. The maximum Gasteiger partial charge on any atom is 0.350 e. The molecule has 3 rings (SSSR count). The zero-order chi connectivity index (χ0) is 22.4. The van der Waals surface area contributed by atoms with Crippen molar-refractivity contribution < 1.29 is 14.3 Å². The standard InChI is InChI=1S/C21H22N4O4S2/c1-4-29-19(28)17-16(13-8-6-5-7-9-13)24-21(31-17)23-15(26)11-10-14-12(2)22-20(30-3)25-18(14)27/h5-9H,4,10-11H2,1-3H3,(H,22,25,27)(H,23,24,26). The molecule has 0 radical (unpaired) electrons. The SMILES string of the molecule is CCOC(=O)c1sc(NC(=O)CCc2c(C)nc(SC)[nH]c2=O)nc1-c1ccccc1. The van der Waals surface area contributed by atoms with Gasteiger partial charge in [0.15, 0.2) is 10.3 Å². The molecule has 3 aromatic rings. The normalized spacial score (nSPS) is 10.7. The lowest BCUT2D eigenvalue weighted by Gasteiger charge is -2.06. The fourth-order valence-corrected chi connectivity index (χ4v) is 4.22. The third-order valence-corrected chi connectivity index (χ3v) is 5.91. The molecule has 8 nitrogen and oxygen atoms in total. The molecule has 2 aromatic heterocycles. The lowest BCUT2D eigenvalue weighted by Crippen LogP contribution is -2.20. The number of thioether (sulfide) groups is 1. The number of benzene rings is 1. The van der Waals surface area contributed by atoms with Crippen molar-refractivity contribution in [2.45, 2.75) is 31.8 Å². The third-order valence-electron chi connectivity index (χ3n) is 4.38. The van der Waals surface area contributed by atoms with Crippen molar-refractivity contribution in [3.63, 3.8) is 0 Å². The van der Waals surface area contributed by atoms with Crippen LogP contribution in [0.1, 0.15) is 34.3 Å². The predicted octanol–water partition coefficient (Wildman–Crippen LogP) is 3.67. The van der Waals surface area contributed by atoms with E-state index in [1.165, 1.54) is 11.8 Å². The zero-order valence-corrected chi connectivity index (χ0v) is 19.0. The fourth-order valence-electron chi connectivity index (χ4n) is 2.90. The highest BCUT2D eigenvalue weighted by Crippen LogP contribution is 2.32. The number of carbonyl (C=O) groups excluding carboxylic acids is 2. The van der Waals surface area contributed by atoms with Crippen LogP contribution in [0.25, 0.3) is 11.3 Å². The number of nitrogens with one attached hydrogen (secondary N) is 2. The molecular weight excluding hydrogens is 436 g/mol. The molecule has 0 spiro atoms. The second-order valence-electron chi connectivity index (χ2n) is 6.47. The number of aromatic amines is 1. The number of hydrogen-bond donors (Lipinski definition) is 2. The number of amides is 1. The van der Waals surface area contributed by atoms with Gasteiger partial charge in [-0.3, -0.25) is 9.59 Å². The van der Waals surface area contributed by atoms with Crippen LogP contribution < -0.4 is 10.9 Å². The lowest BCUT2D eigenvalue weighted by molar-refractivity contribution is -0.116. The van der Waals surface area contributed by atoms with E-state index < -0.39 is 5.97 Å². The van der Waals surface area contributed by atoms with Crippen LogP contribution in [0.15, 0.2) is 40.3 Å². The molecule has 0 bridgehead atoms. The molecule has 0 unspecified atom stereocenters. The Morgan fingerprint density at radius 2 is 1.97 bits per heavy atom. The summed E-state index contributed by atoms with van der Waals surface area (Å²) in [6.45, 7) is 3.72. The highest BCUT2D eigenvalue weighted by atomic mass is 32.2. The van der Waals surface area contributed by atoms with Crippen LogP contribution in [0.2, 0.25) is 0 Å². The summed E-state index contributed by atoms with van der Waals surface area (Å²) in [4.78, 5) is 48.9. The summed E-state index contributed by atoms with van der Waals surface area (Å²) in [7, 11) is 0. The Morgan fingerprint density at radius 3 is 2.61 bits per heavy atom. The number of ether oxygens (including phenoxy) is 1. The molecule has 0 aliphatic heterocycles. The van der Waals surface area contributed by atoms with E-state index in [9.17, 15) is 14.4 Å². The first-order chi connectivity index (χ1) is 14.9. The minimum absolute atomic E-state index is 0.0825. The van der Waals surface area contributed by atoms with Gasteiger partial charge in [-0.25, -0.2) is 14.8 Å². The highest BCUT2D eigenvalue weighted by molar-refractivity contribution is 7.98. The number of hydrogen-bond acceptors (Lipinski definition) is 8. The number of rotatable bonds is 8. The van der Waals surface area contributed by atoms with Crippen molar-refractivity contribution in [3.8, 4) is 11.3 Å². The molecule has 0 aliphatic rings. The largest absolute Gasteiger partial charge is 0.462 e. The quantitative estimate of drug-likeness (QED) is 0.301. The second kappa shape index (κ2) is 10.4. The molecule has 1 aromatic carbocycles. The lowest BCUT2D eigenvalue weighted by atomic mass is 10.1. The summed E-state index contributed by atoms with van der Waals surface area (Å²) in [6.07, 6.45) is 2.16. The molecule has 0 saturated carbocycles. The monoisotopic (exact) mass is 458 g/mol. The first-order valence-electron chi connectivity index (χ1n) is 9.60. The van der Waals surface area contributed by atoms with E-state index in [1.807, 2.05) is 36.6 Å². The van der Waals surface area contributed by atoms with E-state index in [2.05, 4.69) is 20.3 Å². The molecule has 1 amide bonds. The van der Waals surface area contributed by atoms with Crippen molar-refractivity contribution in [3.05, 3.63) is 56.8 Å². The Balaban J connectivity index is 1.76. The molecule has 0 atom stereocenters. The van der Waals surface area contributed by atoms with Gasteiger partial charge < -0.3 is 15.0 Å². The summed E-state index contributed by atoms with van der Waals surface area (Å²) in [5, 5.41) is 3.56. The molecule has 0 fully saturated rings. The Morgan fingerprint density at radius 1 is 1.23 bits per heavy atom. The van der Waals surface area contributed by atoms with E-state index in [4.69, 9.17) is 4.74 Å². The van der Waals surface area contributed by atoms with Crippen molar-refractivity contribution in [1.29, 1.82) is 0 Å². The van der Waals surface area contributed by atoms with E-state index in [0.717, 1.165) is 16.9 Å². The molecular formula is C21H22N4O4S2. The topological polar surface area (TPSA) is 114 Å². The third kappa shape index (κ3) is 5.59. The van der Waals surface area contributed by atoms with Crippen LogP contribution in [0.4, 0.5) is 5.13 Å². The zero-order valence-electron chi connectivity index (χ0n) is 17.4. The number of aryl methyl sites for hydroxylation is 1. The van der Waals surface area contributed by atoms with Crippen molar-refractivity contribution in [1.82, 2.24) is 15.0 Å². The van der Waals surface area contributed by atoms with Gasteiger partial charge in [-0.05, 0) is 26.5 Å². The number of carbonyl (C=O) groups is 2. The first kappa shape index (κ1) is 22.7. The van der Waals surface area contributed by atoms with Gasteiger partial charge in [0, 0.05) is 23.2 Å². The molecule has 0 aliphatic carbocycles. The molecule has 2 heterocycles. The van der Waals surface area contributed by atoms with Gasteiger partial charge in [0.25, 0.3) is 5.56 Å². The predicted molar refractivity (Wildman–Crippen MR) is 122 cm³/mol. The van der Waals surface area contributed by atoms with Crippen LogP contribution in [0, 0.1) is 6.92 Å². The summed E-state index contributed by atoms with van der Waals surface area (Å²) in [5.41, 5.74) is 2.05. The summed E-state index contributed by atoms with van der Waals surface area (Å²) < 4.78 is 5.13. The van der Waals surface area contributed by atoms with Crippen LogP contribution in [0.5, 0.6) is 0 Å². The smallest absolute Gasteiger partial charge is 0.350 e. The van der Waals surface area contributed by atoms with E-state index in [-0.39, 0.29) is 30.9 Å². The number of H-pyrrole nitrogens is 1. The van der Waals surface area contributed by atoms with E-state index >= 15 is 0 Å². The first-order valence-corrected chi connectivity index (χ1v) is 11.6. The minimum atomic E-state index is -0.485. The van der Waals surface area contributed by atoms with Gasteiger partial charge in [0.1, 0.15) is 4.88 Å². The van der Waals surface area contributed by atoms with Crippen LogP contribution in [0.3, 0.4) is 0 Å². The second-order valence-corrected chi connectivity index (χ2v) is 8.26. The van der Waals surface area contributed by atoms with Crippen molar-refractivity contribution >= 4 is 40.1 Å². The van der Waals surface area contributed by atoms with Gasteiger partial charge in [0.05, 0.1) is 12.3 Å². The van der Waals surface area contributed by atoms with Crippen LogP contribution in [-0.4, -0.2) is 39.7 Å². The van der Waals surface area contributed by atoms with Crippen LogP contribution >= 0.6 is 23.1 Å². The highest BCUT2D eigenvalue weighted by Gasteiger charge is 2.21. The van der Waals surface area contributed by atoms with Crippen LogP contribution in [-0.2, 0) is 16.0 Å². The molecule has 31 heavy (non-hydrogen) atoms. The average molecular weight is 459 g/mol. The van der Waals surface area contributed by atoms with Gasteiger partial charge in [-0.15, -0.1) is 0 Å². The summed E-state index contributed by atoms with van der Waals surface area (Å²) in [6, 6.07) is 9.23.